The standard InChI is InChI=1S/C7H8F2N2O.ClH/c8-7(9)12-6-2-1-5(3-10)4-11-6;/h1-2,4,7H,3,10H2;1H. The fraction of sp³-hybridized carbons (Fsp3) is 0.286. The number of ether oxygens (including phenoxy) is 1. The van der Waals surface area contributed by atoms with Gasteiger partial charge in [0.15, 0.2) is 0 Å². The zero-order valence-electron chi connectivity index (χ0n) is 6.61. The van der Waals surface area contributed by atoms with Crippen LogP contribution in [0, 0.1) is 0 Å². The van der Waals surface area contributed by atoms with E-state index in [1.54, 1.807) is 6.07 Å². The molecule has 0 aliphatic rings. The zero-order valence-corrected chi connectivity index (χ0v) is 7.43. The van der Waals surface area contributed by atoms with Gasteiger partial charge in [0.2, 0.25) is 5.88 Å². The molecule has 3 nitrogen and oxygen atoms in total. The summed E-state index contributed by atoms with van der Waals surface area (Å²) in [6, 6.07) is 2.94. The van der Waals surface area contributed by atoms with E-state index in [0.29, 0.717) is 6.54 Å². The van der Waals surface area contributed by atoms with E-state index in [2.05, 4.69) is 9.72 Å². The highest BCUT2D eigenvalue weighted by Crippen LogP contribution is 2.09. The number of hydrogen-bond donors (Lipinski definition) is 1. The van der Waals surface area contributed by atoms with Gasteiger partial charge in [0.25, 0.3) is 0 Å². The third-order valence-corrected chi connectivity index (χ3v) is 1.24. The van der Waals surface area contributed by atoms with Crippen molar-refractivity contribution in [3.05, 3.63) is 23.9 Å². The largest absolute Gasteiger partial charge is 0.417 e. The second-order valence-electron chi connectivity index (χ2n) is 2.09. The smallest absolute Gasteiger partial charge is 0.388 e. The molecule has 0 bridgehead atoms. The average molecular weight is 211 g/mol. The molecule has 0 amide bonds. The summed E-state index contributed by atoms with van der Waals surface area (Å²) in [6.07, 6.45) is 1.40. The van der Waals surface area contributed by atoms with E-state index in [9.17, 15) is 8.78 Å². The van der Waals surface area contributed by atoms with Crippen LogP contribution in [-0.2, 0) is 6.54 Å². The van der Waals surface area contributed by atoms with Crippen LogP contribution >= 0.6 is 12.4 Å². The fourth-order valence-corrected chi connectivity index (χ4v) is 0.693. The quantitative estimate of drug-likeness (QED) is 0.824. The summed E-state index contributed by atoms with van der Waals surface area (Å²) in [5.41, 5.74) is 6.05. The van der Waals surface area contributed by atoms with Crippen molar-refractivity contribution in [3.63, 3.8) is 0 Å². The molecule has 1 rings (SSSR count). The fourth-order valence-electron chi connectivity index (χ4n) is 0.693. The van der Waals surface area contributed by atoms with Crippen LogP contribution in [0.2, 0.25) is 0 Å². The van der Waals surface area contributed by atoms with E-state index < -0.39 is 6.61 Å². The first-order valence-corrected chi connectivity index (χ1v) is 3.32. The van der Waals surface area contributed by atoms with E-state index >= 15 is 0 Å². The molecule has 0 fully saturated rings. The lowest BCUT2D eigenvalue weighted by molar-refractivity contribution is -0.0528. The molecule has 0 saturated heterocycles. The molecule has 6 heteroatoms. The van der Waals surface area contributed by atoms with Crippen LogP contribution in [-0.4, -0.2) is 11.6 Å². The van der Waals surface area contributed by atoms with Crippen molar-refractivity contribution in [2.24, 2.45) is 5.73 Å². The molecule has 0 unspecified atom stereocenters. The summed E-state index contributed by atoms with van der Waals surface area (Å²) in [4.78, 5) is 3.61. The predicted molar refractivity (Wildman–Crippen MR) is 46.0 cm³/mol. The zero-order chi connectivity index (χ0) is 8.97. The van der Waals surface area contributed by atoms with E-state index in [0.717, 1.165) is 5.56 Å². The van der Waals surface area contributed by atoms with Gasteiger partial charge in [0.1, 0.15) is 0 Å². The third-order valence-electron chi connectivity index (χ3n) is 1.24. The number of nitrogens with two attached hydrogens (primary N) is 1. The normalized spacial score (nSPS) is 9.54. The van der Waals surface area contributed by atoms with Gasteiger partial charge in [-0.25, -0.2) is 4.98 Å². The van der Waals surface area contributed by atoms with Gasteiger partial charge >= 0.3 is 6.61 Å². The molecule has 13 heavy (non-hydrogen) atoms. The molecule has 1 aromatic rings. The number of rotatable bonds is 3. The summed E-state index contributed by atoms with van der Waals surface area (Å²) in [7, 11) is 0. The van der Waals surface area contributed by atoms with E-state index in [-0.39, 0.29) is 18.3 Å². The summed E-state index contributed by atoms with van der Waals surface area (Å²) in [5.74, 6) is -0.0952. The minimum atomic E-state index is -2.83. The first kappa shape index (κ1) is 12.1. The van der Waals surface area contributed by atoms with Gasteiger partial charge < -0.3 is 10.5 Å². The average Bonchev–Trinajstić information content (AvgIpc) is 2.05. The highest BCUT2D eigenvalue weighted by molar-refractivity contribution is 5.85. The van der Waals surface area contributed by atoms with E-state index in [1.165, 1.54) is 12.3 Å². The van der Waals surface area contributed by atoms with Crippen LogP contribution in [0.5, 0.6) is 5.88 Å². The Labute approximate surface area is 80.3 Å². The van der Waals surface area contributed by atoms with Gasteiger partial charge in [-0.3, -0.25) is 0 Å². The Morgan fingerprint density at radius 2 is 2.15 bits per heavy atom. The van der Waals surface area contributed by atoms with Crippen molar-refractivity contribution in [1.82, 2.24) is 4.98 Å². The van der Waals surface area contributed by atoms with E-state index in [4.69, 9.17) is 5.73 Å². The van der Waals surface area contributed by atoms with Crippen molar-refractivity contribution in [1.29, 1.82) is 0 Å². The molecule has 0 radical (unpaired) electrons. The third kappa shape index (κ3) is 4.00. The molecule has 0 spiro atoms. The SMILES string of the molecule is Cl.NCc1ccc(OC(F)F)nc1. The molecular weight excluding hydrogens is 202 g/mol. The number of alkyl halides is 2. The predicted octanol–water partition coefficient (Wildman–Crippen LogP) is 1.56. The number of hydrogen-bond acceptors (Lipinski definition) is 3. The lowest BCUT2D eigenvalue weighted by Gasteiger charge is -2.02. The number of nitrogens with zero attached hydrogens (tertiary/aromatic N) is 1. The number of pyridine rings is 1. The van der Waals surface area contributed by atoms with Crippen LogP contribution in [0.15, 0.2) is 18.3 Å². The number of halogens is 3. The first-order chi connectivity index (χ1) is 5.72. The molecule has 0 aliphatic carbocycles. The maximum Gasteiger partial charge on any atom is 0.388 e. The van der Waals surface area contributed by atoms with Crippen LogP contribution in [0.3, 0.4) is 0 Å². The first-order valence-electron chi connectivity index (χ1n) is 3.32. The monoisotopic (exact) mass is 210 g/mol. The van der Waals surface area contributed by atoms with Crippen molar-refractivity contribution < 1.29 is 13.5 Å². The van der Waals surface area contributed by atoms with Gasteiger partial charge in [-0.2, -0.15) is 8.78 Å². The molecule has 1 heterocycles. The van der Waals surface area contributed by atoms with Gasteiger partial charge in [0.05, 0.1) is 0 Å². The maximum absolute atomic E-state index is 11.6. The molecule has 74 valence electrons. The van der Waals surface area contributed by atoms with Gasteiger partial charge in [-0.1, -0.05) is 6.07 Å². The minimum Gasteiger partial charge on any atom is -0.417 e. The lowest BCUT2D eigenvalue weighted by Crippen LogP contribution is -2.04. The molecular formula is C7H9ClF2N2O. The van der Waals surface area contributed by atoms with Crippen LogP contribution in [0.25, 0.3) is 0 Å². The lowest BCUT2D eigenvalue weighted by atomic mass is 10.3. The Bertz CT molecular complexity index is 243. The van der Waals surface area contributed by atoms with Crippen LogP contribution in [0.4, 0.5) is 8.78 Å². The van der Waals surface area contributed by atoms with Gasteiger partial charge in [-0.15, -0.1) is 12.4 Å². The van der Waals surface area contributed by atoms with Crippen molar-refractivity contribution in [2.75, 3.05) is 0 Å². The second kappa shape index (κ2) is 5.66. The second-order valence-corrected chi connectivity index (χ2v) is 2.09. The summed E-state index contributed by atoms with van der Waals surface area (Å²) in [5, 5.41) is 0. The minimum absolute atomic E-state index is 0. The van der Waals surface area contributed by atoms with Crippen molar-refractivity contribution in [3.8, 4) is 5.88 Å². The summed E-state index contributed by atoms with van der Waals surface area (Å²) in [6.45, 7) is -2.50. The molecule has 0 atom stereocenters. The summed E-state index contributed by atoms with van der Waals surface area (Å²) < 4.78 is 27.3. The maximum atomic E-state index is 11.6. The van der Waals surface area contributed by atoms with Crippen LogP contribution in [0.1, 0.15) is 5.56 Å². The highest BCUT2D eigenvalue weighted by Gasteiger charge is 2.03. The Hall–Kier alpha value is -0.940. The molecule has 0 aromatic carbocycles. The molecule has 2 N–H and O–H groups in total. The topological polar surface area (TPSA) is 48.1 Å². The highest BCUT2D eigenvalue weighted by atomic mass is 35.5. The molecule has 0 saturated carbocycles. The Balaban J connectivity index is 0.00000144. The Kier molecular flexibility index (Phi) is 5.25. The van der Waals surface area contributed by atoms with E-state index in [1.807, 2.05) is 0 Å². The Morgan fingerprint density at radius 1 is 1.46 bits per heavy atom. The van der Waals surface area contributed by atoms with Crippen LogP contribution < -0.4 is 10.5 Å². The number of aromatic nitrogens is 1. The Morgan fingerprint density at radius 3 is 2.54 bits per heavy atom. The van der Waals surface area contributed by atoms with Gasteiger partial charge in [-0.05, 0) is 5.56 Å². The molecule has 0 aliphatic heterocycles. The van der Waals surface area contributed by atoms with Gasteiger partial charge in [0, 0.05) is 18.8 Å². The summed E-state index contributed by atoms with van der Waals surface area (Å²) >= 11 is 0. The van der Waals surface area contributed by atoms with Crippen molar-refractivity contribution >= 4 is 12.4 Å². The molecule has 1 aromatic heterocycles. The van der Waals surface area contributed by atoms with Crippen molar-refractivity contribution in [2.45, 2.75) is 13.2 Å².